The van der Waals surface area contributed by atoms with Crippen molar-refractivity contribution in [1.82, 2.24) is 14.9 Å². The second-order valence-corrected chi connectivity index (χ2v) is 5.17. The fourth-order valence-electron chi connectivity index (χ4n) is 2.22. The first kappa shape index (κ1) is 16.0. The molecule has 1 aliphatic heterocycles. The van der Waals surface area contributed by atoms with Gasteiger partial charge in [-0.15, -0.1) is 0 Å². The van der Waals surface area contributed by atoms with Crippen LogP contribution in [0.2, 0.25) is 0 Å². The van der Waals surface area contributed by atoms with Crippen LogP contribution < -0.4 is 5.32 Å². The van der Waals surface area contributed by atoms with Gasteiger partial charge in [0, 0.05) is 31.4 Å². The molecule has 0 bridgehead atoms. The van der Waals surface area contributed by atoms with Gasteiger partial charge in [0.25, 0.3) is 0 Å². The number of hydrogen-bond donors (Lipinski definition) is 1. The van der Waals surface area contributed by atoms with E-state index in [-0.39, 0.29) is 12.0 Å². The van der Waals surface area contributed by atoms with Gasteiger partial charge in [-0.1, -0.05) is 0 Å². The van der Waals surface area contributed by atoms with Gasteiger partial charge in [-0.25, -0.2) is 9.97 Å². The van der Waals surface area contributed by atoms with Crippen LogP contribution in [0.5, 0.6) is 0 Å². The first-order valence-electron chi connectivity index (χ1n) is 6.84. The Morgan fingerprint density at radius 1 is 1.33 bits per heavy atom. The molecule has 2 rings (SSSR count). The molecule has 1 aliphatic rings. The van der Waals surface area contributed by atoms with Crippen molar-refractivity contribution in [3.63, 3.8) is 0 Å². The average molecular weight is 304 g/mol. The SMILES string of the molecule is Cc1cc(C(F)(F)F)nc(NC(C)CN2CCOCC2)n1. The molecule has 0 radical (unpaired) electrons. The zero-order valence-corrected chi connectivity index (χ0v) is 12.1. The van der Waals surface area contributed by atoms with Crippen LogP contribution in [0.3, 0.4) is 0 Å². The van der Waals surface area contributed by atoms with E-state index in [0.29, 0.717) is 25.5 Å². The molecular weight excluding hydrogens is 285 g/mol. The van der Waals surface area contributed by atoms with Gasteiger partial charge in [0.15, 0.2) is 0 Å². The maximum atomic E-state index is 12.7. The van der Waals surface area contributed by atoms with E-state index in [0.717, 1.165) is 19.2 Å². The first-order chi connectivity index (χ1) is 9.84. The molecule has 1 aromatic heterocycles. The molecule has 1 fully saturated rings. The van der Waals surface area contributed by atoms with E-state index in [1.165, 1.54) is 6.92 Å². The van der Waals surface area contributed by atoms with Crippen molar-refractivity contribution < 1.29 is 17.9 Å². The highest BCUT2D eigenvalue weighted by molar-refractivity contribution is 5.30. The van der Waals surface area contributed by atoms with E-state index in [9.17, 15) is 13.2 Å². The Morgan fingerprint density at radius 2 is 2.00 bits per heavy atom. The Labute approximate surface area is 121 Å². The summed E-state index contributed by atoms with van der Waals surface area (Å²) in [6, 6.07) is 0.892. The molecule has 1 N–H and O–H groups in total. The van der Waals surface area contributed by atoms with Crippen LogP contribution in [0.25, 0.3) is 0 Å². The standard InChI is InChI=1S/C13H19F3N4O/c1-9-7-11(13(14,15)16)19-12(17-9)18-10(2)8-20-3-5-21-6-4-20/h7,10H,3-6,8H2,1-2H3,(H,17,18,19). The Kier molecular flexibility index (Phi) is 5.00. The van der Waals surface area contributed by atoms with Crippen molar-refractivity contribution in [2.45, 2.75) is 26.1 Å². The van der Waals surface area contributed by atoms with Gasteiger partial charge >= 0.3 is 6.18 Å². The minimum Gasteiger partial charge on any atom is -0.379 e. The number of anilines is 1. The highest BCUT2D eigenvalue weighted by Crippen LogP contribution is 2.28. The smallest absolute Gasteiger partial charge is 0.379 e. The molecule has 0 aromatic carbocycles. The number of alkyl halides is 3. The second-order valence-electron chi connectivity index (χ2n) is 5.17. The van der Waals surface area contributed by atoms with E-state index in [4.69, 9.17) is 4.74 Å². The number of aryl methyl sites for hydroxylation is 1. The zero-order chi connectivity index (χ0) is 15.5. The molecule has 0 saturated carbocycles. The van der Waals surface area contributed by atoms with E-state index < -0.39 is 11.9 Å². The predicted octanol–water partition coefficient (Wildman–Crippen LogP) is 1.94. The van der Waals surface area contributed by atoms with Gasteiger partial charge in [0.05, 0.1) is 13.2 Å². The normalized spacial score (nSPS) is 18.5. The lowest BCUT2D eigenvalue weighted by molar-refractivity contribution is -0.141. The minimum absolute atomic E-state index is 0.0167. The van der Waals surface area contributed by atoms with Crippen molar-refractivity contribution in [3.05, 3.63) is 17.5 Å². The van der Waals surface area contributed by atoms with Crippen LogP contribution in [-0.2, 0) is 10.9 Å². The number of morpholine rings is 1. The molecule has 1 aromatic rings. The maximum absolute atomic E-state index is 12.7. The van der Waals surface area contributed by atoms with Crippen LogP contribution in [0.15, 0.2) is 6.07 Å². The molecule has 0 amide bonds. The number of nitrogens with zero attached hydrogens (tertiary/aromatic N) is 3. The molecule has 21 heavy (non-hydrogen) atoms. The molecule has 1 unspecified atom stereocenters. The summed E-state index contributed by atoms with van der Waals surface area (Å²) >= 11 is 0. The number of hydrogen-bond acceptors (Lipinski definition) is 5. The molecule has 1 saturated heterocycles. The van der Waals surface area contributed by atoms with Crippen LogP contribution in [0.1, 0.15) is 18.3 Å². The summed E-state index contributed by atoms with van der Waals surface area (Å²) in [5.74, 6) is 0.0167. The summed E-state index contributed by atoms with van der Waals surface area (Å²) in [5.41, 5.74) is -0.630. The van der Waals surface area contributed by atoms with Crippen LogP contribution in [0, 0.1) is 6.92 Å². The highest BCUT2D eigenvalue weighted by Gasteiger charge is 2.33. The third kappa shape index (κ3) is 4.82. The summed E-state index contributed by atoms with van der Waals surface area (Å²) in [4.78, 5) is 9.76. The third-order valence-electron chi connectivity index (χ3n) is 3.16. The van der Waals surface area contributed by atoms with Crippen molar-refractivity contribution in [1.29, 1.82) is 0 Å². The zero-order valence-electron chi connectivity index (χ0n) is 12.1. The van der Waals surface area contributed by atoms with Crippen molar-refractivity contribution in [3.8, 4) is 0 Å². The third-order valence-corrected chi connectivity index (χ3v) is 3.16. The first-order valence-corrected chi connectivity index (χ1v) is 6.84. The van der Waals surface area contributed by atoms with Gasteiger partial charge in [-0.2, -0.15) is 13.2 Å². The van der Waals surface area contributed by atoms with E-state index in [1.54, 1.807) is 0 Å². The van der Waals surface area contributed by atoms with Crippen LogP contribution in [-0.4, -0.2) is 53.8 Å². The van der Waals surface area contributed by atoms with Crippen molar-refractivity contribution >= 4 is 5.95 Å². The lowest BCUT2D eigenvalue weighted by atomic mass is 10.3. The van der Waals surface area contributed by atoms with Crippen molar-refractivity contribution in [2.24, 2.45) is 0 Å². The van der Waals surface area contributed by atoms with E-state index >= 15 is 0 Å². The van der Waals surface area contributed by atoms with Gasteiger partial charge in [-0.3, -0.25) is 4.90 Å². The fourth-order valence-corrected chi connectivity index (χ4v) is 2.22. The summed E-state index contributed by atoms with van der Waals surface area (Å²) in [5, 5.41) is 2.94. The summed E-state index contributed by atoms with van der Waals surface area (Å²) < 4.78 is 43.4. The average Bonchev–Trinajstić information content (AvgIpc) is 2.37. The molecule has 1 atom stereocenters. The molecule has 5 nitrogen and oxygen atoms in total. The summed E-state index contributed by atoms with van der Waals surface area (Å²) in [6.45, 7) is 7.16. The van der Waals surface area contributed by atoms with Crippen LogP contribution >= 0.6 is 0 Å². The molecule has 2 heterocycles. The van der Waals surface area contributed by atoms with E-state index in [1.807, 2.05) is 6.92 Å². The second kappa shape index (κ2) is 6.57. The molecule has 0 aliphatic carbocycles. The van der Waals surface area contributed by atoms with E-state index in [2.05, 4.69) is 20.2 Å². The highest BCUT2D eigenvalue weighted by atomic mass is 19.4. The molecule has 118 valence electrons. The predicted molar refractivity (Wildman–Crippen MR) is 72.1 cm³/mol. The Morgan fingerprint density at radius 3 is 2.62 bits per heavy atom. The van der Waals surface area contributed by atoms with Gasteiger partial charge in [-0.05, 0) is 19.9 Å². The number of nitrogens with one attached hydrogen (secondary N) is 1. The van der Waals surface area contributed by atoms with Gasteiger partial charge in [0.1, 0.15) is 5.69 Å². The number of ether oxygens (including phenoxy) is 1. The lowest BCUT2D eigenvalue weighted by Crippen LogP contribution is -2.42. The minimum atomic E-state index is -4.46. The summed E-state index contributed by atoms with van der Waals surface area (Å²) in [6.07, 6.45) is -4.46. The molecule has 0 spiro atoms. The quantitative estimate of drug-likeness (QED) is 0.921. The fraction of sp³-hybridized carbons (Fsp3) is 0.692. The Bertz CT molecular complexity index is 475. The van der Waals surface area contributed by atoms with Gasteiger partial charge in [0.2, 0.25) is 5.95 Å². The lowest BCUT2D eigenvalue weighted by Gasteiger charge is -2.29. The monoisotopic (exact) mass is 304 g/mol. The number of halogens is 3. The van der Waals surface area contributed by atoms with Gasteiger partial charge < -0.3 is 10.1 Å². The maximum Gasteiger partial charge on any atom is 0.433 e. The van der Waals surface area contributed by atoms with Crippen LogP contribution in [0.4, 0.5) is 19.1 Å². The number of aromatic nitrogens is 2. The summed E-state index contributed by atoms with van der Waals surface area (Å²) in [7, 11) is 0. The largest absolute Gasteiger partial charge is 0.433 e. The molecule has 8 heteroatoms. The Balaban J connectivity index is 1.99. The molecular formula is C13H19F3N4O. The Hall–Kier alpha value is -1.41. The topological polar surface area (TPSA) is 50.3 Å². The van der Waals surface area contributed by atoms with Crippen molar-refractivity contribution in [2.75, 3.05) is 38.2 Å². The number of rotatable bonds is 4.